The topological polar surface area (TPSA) is 12.0 Å². The van der Waals surface area contributed by atoms with Gasteiger partial charge in [0.2, 0.25) is 0 Å². The number of benzene rings is 3. The van der Waals surface area contributed by atoms with Gasteiger partial charge in [0.1, 0.15) is 11.6 Å². The lowest BCUT2D eigenvalue weighted by Gasteiger charge is -2.25. The van der Waals surface area contributed by atoms with Crippen LogP contribution in [0.3, 0.4) is 0 Å². The molecule has 3 aromatic rings. The fourth-order valence-electron chi connectivity index (χ4n) is 3.49. The van der Waals surface area contributed by atoms with Gasteiger partial charge in [-0.2, -0.15) is 13.2 Å². The Labute approximate surface area is 184 Å². The van der Waals surface area contributed by atoms with Crippen molar-refractivity contribution in [1.29, 1.82) is 0 Å². The van der Waals surface area contributed by atoms with Crippen molar-refractivity contribution in [3.63, 3.8) is 0 Å². The van der Waals surface area contributed by atoms with E-state index in [0.717, 1.165) is 17.7 Å². The maximum absolute atomic E-state index is 14.2. The maximum Gasteiger partial charge on any atom is 0.416 e. The van der Waals surface area contributed by atoms with Gasteiger partial charge in [-0.1, -0.05) is 24.1 Å². The third-order valence-electron chi connectivity index (χ3n) is 5.46. The summed E-state index contributed by atoms with van der Waals surface area (Å²) in [6, 6.07) is 15.2. The van der Waals surface area contributed by atoms with E-state index in [1.807, 2.05) is 6.92 Å². The normalized spacial score (nSPS) is 13.3. The third-order valence-corrected chi connectivity index (χ3v) is 5.46. The molecule has 0 aliphatic carbocycles. The minimum Gasteiger partial charge on any atom is -0.353 e. The van der Waals surface area contributed by atoms with E-state index < -0.39 is 23.0 Å². The quantitative estimate of drug-likeness (QED) is 0.292. The lowest BCUT2D eigenvalue weighted by Crippen LogP contribution is -2.20. The van der Waals surface area contributed by atoms with Crippen LogP contribution in [0.25, 0.3) is 0 Å². The van der Waals surface area contributed by atoms with E-state index in [2.05, 4.69) is 11.2 Å². The molecule has 166 valence electrons. The lowest BCUT2D eigenvalue weighted by atomic mass is 9.78. The second-order valence-electron chi connectivity index (χ2n) is 7.85. The van der Waals surface area contributed by atoms with Crippen LogP contribution in [0.15, 0.2) is 66.7 Å². The van der Waals surface area contributed by atoms with Crippen LogP contribution in [0.2, 0.25) is 0 Å². The number of rotatable bonds is 7. The molecule has 0 aliphatic heterocycles. The molecular weight excluding hydrogens is 421 g/mol. The molecule has 3 aromatic carbocycles. The minimum absolute atomic E-state index is 0.275. The Kier molecular flexibility index (Phi) is 6.88. The number of nitrogens with one attached hydrogen (secondary N) is 1. The van der Waals surface area contributed by atoms with Crippen LogP contribution in [0, 0.1) is 24.0 Å². The Morgan fingerprint density at radius 1 is 0.875 bits per heavy atom. The highest BCUT2D eigenvalue weighted by atomic mass is 19.4. The first kappa shape index (κ1) is 23.3. The Morgan fingerprint density at radius 3 is 2.09 bits per heavy atom. The van der Waals surface area contributed by atoms with Crippen LogP contribution in [0.1, 0.15) is 36.5 Å². The molecule has 0 bridgehead atoms. The number of anilines is 2. The largest absolute Gasteiger partial charge is 0.416 e. The van der Waals surface area contributed by atoms with Crippen LogP contribution in [0.5, 0.6) is 0 Å². The Morgan fingerprint density at radius 2 is 1.50 bits per heavy atom. The summed E-state index contributed by atoms with van der Waals surface area (Å²) < 4.78 is 65.7. The second kappa shape index (κ2) is 9.44. The molecule has 6 heteroatoms. The predicted octanol–water partition coefficient (Wildman–Crippen LogP) is 7.64. The number of aryl methyl sites for hydroxylation is 1. The van der Waals surface area contributed by atoms with Crippen molar-refractivity contribution < 1.29 is 22.0 Å². The predicted molar refractivity (Wildman–Crippen MR) is 117 cm³/mol. The summed E-state index contributed by atoms with van der Waals surface area (Å²) >= 11 is 0. The zero-order valence-electron chi connectivity index (χ0n) is 17.4. The monoisotopic (exact) mass is 443 g/mol. The summed E-state index contributed by atoms with van der Waals surface area (Å²) in [4.78, 5) is 0. The summed E-state index contributed by atoms with van der Waals surface area (Å²) in [6.07, 6.45) is 3.14. The van der Waals surface area contributed by atoms with Crippen LogP contribution in [-0.4, -0.2) is 0 Å². The highest BCUT2D eigenvalue weighted by Gasteiger charge is 2.31. The van der Waals surface area contributed by atoms with Crippen LogP contribution in [0.4, 0.5) is 33.3 Å². The van der Waals surface area contributed by atoms with Crippen molar-refractivity contribution in [1.82, 2.24) is 0 Å². The van der Waals surface area contributed by atoms with E-state index in [1.165, 1.54) is 42.5 Å². The molecule has 1 nitrogen and oxygen atoms in total. The lowest BCUT2D eigenvalue weighted by molar-refractivity contribution is -0.137. The minimum atomic E-state index is -4.40. The van der Waals surface area contributed by atoms with Gasteiger partial charge >= 0.3 is 6.18 Å². The molecular formula is C26H22F5N. The van der Waals surface area contributed by atoms with Crippen LogP contribution in [-0.2, 0) is 18.0 Å². The Hall–Kier alpha value is -3.33. The average Bonchev–Trinajstić information content (AvgIpc) is 2.77. The maximum atomic E-state index is 14.2. The van der Waals surface area contributed by atoms with Crippen molar-refractivity contribution in [2.45, 2.75) is 37.8 Å². The highest BCUT2D eigenvalue weighted by Crippen LogP contribution is 2.34. The van der Waals surface area contributed by atoms with Crippen molar-refractivity contribution in [3.8, 4) is 12.3 Å². The van der Waals surface area contributed by atoms with E-state index in [9.17, 15) is 22.0 Å². The van der Waals surface area contributed by atoms with E-state index in [0.29, 0.717) is 30.5 Å². The van der Waals surface area contributed by atoms with Crippen LogP contribution < -0.4 is 5.32 Å². The molecule has 0 spiro atoms. The van der Waals surface area contributed by atoms with Crippen LogP contribution >= 0.6 is 0 Å². The Balaban J connectivity index is 1.67. The van der Waals surface area contributed by atoms with Crippen molar-refractivity contribution in [2.24, 2.45) is 0 Å². The van der Waals surface area contributed by atoms with Crippen molar-refractivity contribution in [2.75, 3.05) is 5.32 Å². The molecule has 0 saturated carbocycles. The average molecular weight is 443 g/mol. The standard InChI is InChI=1S/C26H22F5N/c1-3-25(2,19-7-9-20(10-8-19)26(29,30)31)16-4-5-18-6-15-23(28)24(17-18)32-22-13-11-21(27)12-14-22/h1,6-15,17,32H,4-5,16H2,2H3. The van der Waals surface area contributed by atoms with Gasteiger partial charge in [0, 0.05) is 5.69 Å². The number of halogens is 5. The van der Waals surface area contributed by atoms with Gasteiger partial charge in [-0.15, -0.1) is 6.42 Å². The zero-order valence-corrected chi connectivity index (χ0v) is 17.4. The van der Waals surface area contributed by atoms with Gasteiger partial charge in [0.15, 0.2) is 0 Å². The van der Waals surface area contributed by atoms with Crippen molar-refractivity contribution >= 4 is 11.4 Å². The fourth-order valence-corrected chi connectivity index (χ4v) is 3.49. The van der Waals surface area contributed by atoms with E-state index in [-0.39, 0.29) is 11.5 Å². The first-order chi connectivity index (χ1) is 15.1. The molecule has 0 aromatic heterocycles. The molecule has 0 amide bonds. The SMILES string of the molecule is C#CC(C)(CCCc1ccc(F)c(Nc2ccc(F)cc2)c1)c1ccc(C(F)(F)F)cc1. The molecule has 1 N–H and O–H groups in total. The molecule has 1 atom stereocenters. The summed E-state index contributed by atoms with van der Waals surface area (Å²) in [7, 11) is 0. The number of alkyl halides is 3. The van der Waals surface area contributed by atoms with Gasteiger partial charge in [-0.3, -0.25) is 0 Å². The highest BCUT2D eigenvalue weighted by molar-refractivity contribution is 5.60. The molecule has 3 rings (SSSR count). The fraction of sp³-hybridized carbons (Fsp3) is 0.231. The summed E-state index contributed by atoms with van der Waals surface area (Å²) in [5.74, 6) is 1.90. The summed E-state index contributed by atoms with van der Waals surface area (Å²) in [5, 5.41) is 2.94. The third kappa shape index (κ3) is 5.67. The summed E-state index contributed by atoms with van der Waals surface area (Å²) in [5.41, 5.74) is 0.919. The first-order valence-corrected chi connectivity index (χ1v) is 10.1. The molecule has 32 heavy (non-hydrogen) atoms. The van der Waals surface area contributed by atoms with Gasteiger partial charge < -0.3 is 5.32 Å². The van der Waals surface area contributed by atoms with Gasteiger partial charge in [0.05, 0.1) is 16.7 Å². The van der Waals surface area contributed by atoms with E-state index >= 15 is 0 Å². The van der Waals surface area contributed by atoms with E-state index in [1.54, 1.807) is 12.1 Å². The second-order valence-corrected chi connectivity index (χ2v) is 7.85. The van der Waals surface area contributed by atoms with E-state index in [4.69, 9.17) is 6.42 Å². The molecule has 0 fully saturated rings. The number of hydrogen-bond donors (Lipinski definition) is 1. The van der Waals surface area contributed by atoms with Gasteiger partial charge in [0.25, 0.3) is 0 Å². The number of terminal acetylenes is 1. The molecule has 0 heterocycles. The smallest absolute Gasteiger partial charge is 0.353 e. The first-order valence-electron chi connectivity index (χ1n) is 10.1. The molecule has 0 saturated heterocycles. The molecule has 0 aliphatic rings. The van der Waals surface area contributed by atoms with Crippen molar-refractivity contribution in [3.05, 3.63) is 95.1 Å². The molecule has 0 radical (unpaired) electrons. The molecule has 1 unspecified atom stereocenters. The van der Waals surface area contributed by atoms with Gasteiger partial charge in [-0.05, 0) is 85.8 Å². The zero-order chi connectivity index (χ0) is 23.4. The Bertz CT molecular complexity index is 1100. The summed E-state index contributed by atoms with van der Waals surface area (Å²) in [6.45, 7) is 1.82. The van der Waals surface area contributed by atoms with Gasteiger partial charge in [-0.25, -0.2) is 8.78 Å². The number of hydrogen-bond acceptors (Lipinski definition) is 1.